The summed E-state index contributed by atoms with van der Waals surface area (Å²) in [4.78, 5) is 13.2. The molecule has 0 aliphatic heterocycles. The van der Waals surface area contributed by atoms with Gasteiger partial charge in [0.05, 0.1) is 30.8 Å². The van der Waals surface area contributed by atoms with Crippen LogP contribution in [0.3, 0.4) is 0 Å². The number of anilines is 1. The molecule has 0 spiro atoms. The molecule has 0 saturated heterocycles. The first-order valence-corrected chi connectivity index (χ1v) is 12.3. The van der Waals surface area contributed by atoms with Gasteiger partial charge in [-0.1, -0.05) is 35.9 Å². The Labute approximate surface area is 201 Å². The maximum atomic E-state index is 13.5. The monoisotopic (exact) mass is 482 g/mol. The first kappa shape index (κ1) is 25.1. The van der Waals surface area contributed by atoms with Gasteiger partial charge in [-0.2, -0.15) is 0 Å². The molecular weight excluding hydrogens is 452 g/mol. The molecule has 0 aromatic heterocycles. The molecule has 7 nitrogen and oxygen atoms in total. The number of nitrogens with zero attached hydrogens (tertiary/aromatic N) is 1. The molecule has 1 amide bonds. The summed E-state index contributed by atoms with van der Waals surface area (Å²) in [5.41, 5.74) is 3.06. The van der Waals surface area contributed by atoms with Crippen LogP contribution in [-0.4, -0.2) is 35.1 Å². The van der Waals surface area contributed by atoms with Crippen LogP contribution in [-0.2, 0) is 14.8 Å². The summed E-state index contributed by atoms with van der Waals surface area (Å²) in [6.45, 7) is 5.22. The standard InChI is InChI=1S/C26H30N2O5S/c1-18-9-12-23(13-10-18)34(30,31)28(22-8-6-7-19(2)15-22)17-26(29)27-20(3)21-11-14-24(32-4)25(16-21)33-5/h6-16,20H,17H2,1-5H3,(H,27,29). The van der Waals surface area contributed by atoms with E-state index >= 15 is 0 Å². The minimum Gasteiger partial charge on any atom is -0.493 e. The van der Waals surface area contributed by atoms with Crippen molar-refractivity contribution >= 4 is 21.6 Å². The van der Waals surface area contributed by atoms with E-state index in [1.165, 1.54) is 0 Å². The minimum absolute atomic E-state index is 0.125. The number of hydrogen-bond acceptors (Lipinski definition) is 5. The number of carbonyl (C=O) groups excluding carboxylic acids is 1. The number of sulfonamides is 1. The van der Waals surface area contributed by atoms with Crippen molar-refractivity contribution in [1.29, 1.82) is 0 Å². The first-order valence-electron chi connectivity index (χ1n) is 10.8. The van der Waals surface area contributed by atoms with Gasteiger partial charge in [-0.05, 0) is 68.3 Å². The van der Waals surface area contributed by atoms with E-state index in [2.05, 4.69) is 5.32 Å². The maximum absolute atomic E-state index is 13.5. The minimum atomic E-state index is -3.97. The highest BCUT2D eigenvalue weighted by molar-refractivity contribution is 7.92. The Morgan fingerprint density at radius 1 is 0.912 bits per heavy atom. The maximum Gasteiger partial charge on any atom is 0.264 e. The lowest BCUT2D eigenvalue weighted by Gasteiger charge is -2.25. The second-order valence-electron chi connectivity index (χ2n) is 8.07. The fraction of sp³-hybridized carbons (Fsp3) is 0.269. The predicted octanol–water partition coefficient (Wildman–Crippen LogP) is 4.39. The number of aryl methyl sites for hydroxylation is 2. The SMILES string of the molecule is COc1ccc(C(C)NC(=O)CN(c2cccc(C)c2)S(=O)(=O)c2ccc(C)cc2)cc1OC. The Morgan fingerprint density at radius 2 is 1.59 bits per heavy atom. The van der Waals surface area contributed by atoms with Crippen molar-refractivity contribution in [3.8, 4) is 11.5 Å². The average molecular weight is 483 g/mol. The zero-order valence-electron chi connectivity index (χ0n) is 20.0. The molecule has 3 aromatic rings. The summed E-state index contributed by atoms with van der Waals surface area (Å²) < 4.78 is 38.8. The van der Waals surface area contributed by atoms with Gasteiger partial charge in [0, 0.05) is 0 Å². The number of rotatable bonds is 9. The predicted molar refractivity (Wildman–Crippen MR) is 133 cm³/mol. The Hall–Kier alpha value is -3.52. The van der Waals surface area contributed by atoms with E-state index in [-0.39, 0.29) is 17.5 Å². The van der Waals surface area contributed by atoms with Gasteiger partial charge in [0.25, 0.3) is 10.0 Å². The summed E-state index contributed by atoms with van der Waals surface area (Å²) in [7, 11) is -0.872. The van der Waals surface area contributed by atoms with Gasteiger partial charge in [0.1, 0.15) is 6.54 Å². The topological polar surface area (TPSA) is 84.9 Å². The molecule has 3 rings (SSSR count). The van der Waals surface area contributed by atoms with Crippen molar-refractivity contribution in [2.45, 2.75) is 31.7 Å². The Bertz CT molecular complexity index is 1260. The molecule has 0 aliphatic rings. The van der Waals surface area contributed by atoms with Gasteiger partial charge >= 0.3 is 0 Å². The molecule has 0 fully saturated rings. The van der Waals surface area contributed by atoms with Crippen molar-refractivity contribution in [3.63, 3.8) is 0 Å². The molecule has 0 bridgehead atoms. The molecule has 34 heavy (non-hydrogen) atoms. The number of carbonyl (C=O) groups is 1. The molecule has 0 aliphatic carbocycles. The Kier molecular flexibility index (Phi) is 7.83. The van der Waals surface area contributed by atoms with Gasteiger partial charge in [0.2, 0.25) is 5.91 Å². The molecule has 1 N–H and O–H groups in total. The van der Waals surface area contributed by atoms with E-state index in [1.54, 1.807) is 68.8 Å². The van der Waals surface area contributed by atoms with Crippen LogP contribution in [0.1, 0.15) is 29.7 Å². The van der Waals surface area contributed by atoms with Crippen LogP contribution in [0.5, 0.6) is 11.5 Å². The third-order valence-electron chi connectivity index (χ3n) is 5.47. The van der Waals surface area contributed by atoms with E-state index in [1.807, 2.05) is 32.9 Å². The van der Waals surface area contributed by atoms with Crippen molar-refractivity contribution in [1.82, 2.24) is 5.32 Å². The number of amides is 1. The highest BCUT2D eigenvalue weighted by Gasteiger charge is 2.28. The fourth-order valence-corrected chi connectivity index (χ4v) is 4.97. The normalized spacial score (nSPS) is 12.0. The lowest BCUT2D eigenvalue weighted by atomic mass is 10.1. The molecule has 1 atom stereocenters. The Balaban J connectivity index is 1.88. The second kappa shape index (κ2) is 10.6. The number of hydrogen-bond donors (Lipinski definition) is 1. The van der Waals surface area contributed by atoms with Crippen molar-refractivity contribution in [2.75, 3.05) is 25.1 Å². The molecule has 0 saturated carbocycles. The lowest BCUT2D eigenvalue weighted by molar-refractivity contribution is -0.120. The van der Waals surface area contributed by atoms with Crippen LogP contribution < -0.4 is 19.1 Å². The van der Waals surface area contributed by atoms with E-state index < -0.39 is 15.9 Å². The van der Waals surface area contributed by atoms with Gasteiger partial charge in [-0.15, -0.1) is 0 Å². The summed E-state index contributed by atoms with van der Waals surface area (Å²) in [5, 5.41) is 2.89. The smallest absolute Gasteiger partial charge is 0.264 e. The van der Waals surface area contributed by atoms with Crippen LogP contribution >= 0.6 is 0 Å². The zero-order valence-corrected chi connectivity index (χ0v) is 20.8. The summed E-state index contributed by atoms with van der Waals surface area (Å²) in [5.74, 6) is 0.698. The second-order valence-corrected chi connectivity index (χ2v) is 9.93. The molecule has 0 radical (unpaired) electrons. The highest BCUT2D eigenvalue weighted by atomic mass is 32.2. The molecular formula is C26H30N2O5S. The summed E-state index contributed by atoms with van der Waals surface area (Å²) >= 11 is 0. The van der Waals surface area contributed by atoms with Gasteiger partial charge in [-0.3, -0.25) is 9.10 Å². The van der Waals surface area contributed by atoms with Crippen molar-refractivity contribution < 1.29 is 22.7 Å². The van der Waals surface area contributed by atoms with Gasteiger partial charge in [0.15, 0.2) is 11.5 Å². The molecule has 8 heteroatoms. The van der Waals surface area contributed by atoms with Gasteiger partial charge in [-0.25, -0.2) is 8.42 Å². The van der Waals surface area contributed by atoms with E-state index in [0.29, 0.717) is 17.2 Å². The number of nitrogens with one attached hydrogen (secondary N) is 1. The third-order valence-corrected chi connectivity index (χ3v) is 7.26. The first-order chi connectivity index (χ1) is 16.1. The average Bonchev–Trinajstić information content (AvgIpc) is 2.82. The molecule has 3 aromatic carbocycles. The molecule has 1 unspecified atom stereocenters. The van der Waals surface area contributed by atoms with Crippen molar-refractivity contribution in [2.24, 2.45) is 0 Å². The van der Waals surface area contributed by atoms with Crippen LogP contribution in [0.15, 0.2) is 71.6 Å². The van der Waals surface area contributed by atoms with Crippen molar-refractivity contribution in [3.05, 3.63) is 83.4 Å². The van der Waals surface area contributed by atoms with E-state index in [4.69, 9.17) is 9.47 Å². The molecule has 0 heterocycles. The largest absolute Gasteiger partial charge is 0.493 e. The highest BCUT2D eigenvalue weighted by Crippen LogP contribution is 2.30. The lowest BCUT2D eigenvalue weighted by Crippen LogP contribution is -2.41. The Morgan fingerprint density at radius 3 is 2.21 bits per heavy atom. The van der Waals surface area contributed by atoms with Crippen LogP contribution in [0.25, 0.3) is 0 Å². The van der Waals surface area contributed by atoms with E-state index in [9.17, 15) is 13.2 Å². The number of benzene rings is 3. The zero-order chi connectivity index (χ0) is 24.9. The quantitative estimate of drug-likeness (QED) is 0.489. The number of methoxy groups -OCH3 is 2. The third kappa shape index (κ3) is 5.69. The van der Waals surface area contributed by atoms with Crippen LogP contribution in [0, 0.1) is 13.8 Å². The summed E-state index contributed by atoms with van der Waals surface area (Å²) in [6, 6.07) is 18.6. The number of ether oxygens (including phenoxy) is 2. The fourth-order valence-electron chi connectivity index (χ4n) is 3.56. The molecule has 180 valence electrons. The van der Waals surface area contributed by atoms with Gasteiger partial charge < -0.3 is 14.8 Å². The van der Waals surface area contributed by atoms with Crippen LogP contribution in [0.2, 0.25) is 0 Å². The van der Waals surface area contributed by atoms with E-state index in [0.717, 1.165) is 21.0 Å². The summed E-state index contributed by atoms with van der Waals surface area (Å²) in [6.07, 6.45) is 0. The van der Waals surface area contributed by atoms with Crippen LogP contribution in [0.4, 0.5) is 5.69 Å².